The molecule has 1 aromatic heterocycles. The van der Waals surface area contributed by atoms with Crippen LogP contribution in [-0.4, -0.2) is 23.1 Å². The molecule has 0 aliphatic carbocycles. The van der Waals surface area contributed by atoms with Crippen molar-refractivity contribution in [3.05, 3.63) is 47.1 Å². The van der Waals surface area contributed by atoms with E-state index < -0.39 is 5.91 Å². The van der Waals surface area contributed by atoms with E-state index in [1.165, 1.54) is 19.2 Å². The summed E-state index contributed by atoms with van der Waals surface area (Å²) in [4.78, 5) is 15.9. The third kappa shape index (κ3) is 3.14. The molecule has 6 heteroatoms. The summed E-state index contributed by atoms with van der Waals surface area (Å²) in [6.45, 7) is 0. The van der Waals surface area contributed by atoms with Crippen molar-refractivity contribution in [1.29, 1.82) is 0 Å². The summed E-state index contributed by atoms with van der Waals surface area (Å²) in [6.07, 6.45) is 0. The van der Waals surface area contributed by atoms with Crippen LogP contribution in [0.15, 0.2) is 36.4 Å². The molecule has 98 valence electrons. The average Bonchev–Trinajstić information content (AvgIpc) is 2.38. The summed E-state index contributed by atoms with van der Waals surface area (Å²) in [6, 6.07) is 9.28. The van der Waals surface area contributed by atoms with Gasteiger partial charge in [0.25, 0.3) is 5.91 Å². The largest absolute Gasteiger partial charge is 0.507 e. The second-order valence-electron chi connectivity index (χ2n) is 3.68. The van der Waals surface area contributed by atoms with E-state index in [1.54, 1.807) is 24.3 Å². The monoisotopic (exact) mass is 278 g/mol. The maximum atomic E-state index is 12.0. The normalized spacial score (nSPS) is 10.0. The molecular weight excluding hydrogens is 268 g/mol. The lowest BCUT2D eigenvalue weighted by Gasteiger charge is -2.07. The summed E-state index contributed by atoms with van der Waals surface area (Å²) < 4.78 is 4.94. The number of pyridine rings is 1. The number of ether oxygens (including phenoxy) is 1. The van der Waals surface area contributed by atoms with Gasteiger partial charge in [-0.15, -0.1) is 0 Å². The summed E-state index contributed by atoms with van der Waals surface area (Å²) in [7, 11) is 1.48. The van der Waals surface area contributed by atoms with E-state index in [0.29, 0.717) is 11.6 Å². The number of carbonyl (C=O) groups is 1. The Labute approximate surface area is 114 Å². The third-order valence-corrected chi connectivity index (χ3v) is 2.62. The first-order valence-electron chi connectivity index (χ1n) is 5.41. The van der Waals surface area contributed by atoms with E-state index >= 15 is 0 Å². The van der Waals surface area contributed by atoms with Gasteiger partial charge in [-0.1, -0.05) is 17.7 Å². The molecule has 2 rings (SSSR count). The number of hydrogen-bond acceptors (Lipinski definition) is 4. The lowest BCUT2D eigenvalue weighted by Crippen LogP contribution is -2.13. The minimum atomic E-state index is -0.477. The van der Waals surface area contributed by atoms with Crippen molar-refractivity contribution in [3.63, 3.8) is 0 Å². The number of halogens is 1. The topological polar surface area (TPSA) is 71.5 Å². The molecule has 1 amide bonds. The highest BCUT2D eigenvalue weighted by atomic mass is 35.5. The lowest BCUT2D eigenvalue weighted by atomic mass is 10.2. The number of aromatic hydroxyl groups is 1. The molecule has 0 saturated heterocycles. The van der Waals surface area contributed by atoms with Crippen molar-refractivity contribution in [2.24, 2.45) is 0 Å². The Hall–Kier alpha value is -2.27. The van der Waals surface area contributed by atoms with Gasteiger partial charge >= 0.3 is 0 Å². The van der Waals surface area contributed by atoms with Gasteiger partial charge in [-0.2, -0.15) is 0 Å². The molecule has 0 bridgehead atoms. The van der Waals surface area contributed by atoms with Gasteiger partial charge in [-0.05, 0) is 24.3 Å². The Morgan fingerprint density at radius 1 is 1.37 bits per heavy atom. The fourth-order valence-electron chi connectivity index (χ4n) is 1.49. The van der Waals surface area contributed by atoms with Crippen molar-refractivity contribution >= 4 is 23.3 Å². The highest BCUT2D eigenvalue weighted by Crippen LogP contribution is 2.24. The molecule has 0 aliphatic heterocycles. The van der Waals surface area contributed by atoms with Gasteiger partial charge in [0, 0.05) is 6.07 Å². The third-order valence-electron chi connectivity index (χ3n) is 2.41. The minimum Gasteiger partial charge on any atom is -0.507 e. The number of nitrogens with zero attached hydrogens (tertiary/aromatic N) is 1. The van der Waals surface area contributed by atoms with Crippen LogP contribution >= 0.6 is 11.6 Å². The fourth-order valence-corrected chi connectivity index (χ4v) is 1.66. The predicted octanol–water partition coefficient (Wildman–Crippen LogP) is 2.70. The number of rotatable bonds is 3. The second-order valence-corrected chi connectivity index (χ2v) is 4.07. The van der Waals surface area contributed by atoms with Crippen molar-refractivity contribution in [1.82, 2.24) is 4.98 Å². The molecule has 19 heavy (non-hydrogen) atoms. The zero-order valence-electron chi connectivity index (χ0n) is 10.1. The SMILES string of the molecule is COc1ccc(C(=O)Nc2cccc(Cl)n2)c(O)c1. The van der Waals surface area contributed by atoms with Crippen LogP contribution < -0.4 is 10.1 Å². The van der Waals surface area contributed by atoms with Crippen LogP contribution in [0.1, 0.15) is 10.4 Å². The molecule has 0 aliphatic rings. The molecule has 1 heterocycles. The Kier molecular flexibility index (Phi) is 3.87. The molecule has 0 saturated carbocycles. The van der Waals surface area contributed by atoms with Gasteiger partial charge in [0.2, 0.25) is 0 Å². The number of phenolic OH excluding ortho intramolecular Hbond substituents is 1. The van der Waals surface area contributed by atoms with Gasteiger partial charge in [-0.25, -0.2) is 4.98 Å². The summed E-state index contributed by atoms with van der Waals surface area (Å²) in [5.74, 6) is 0.136. The number of aromatic nitrogens is 1. The zero-order chi connectivity index (χ0) is 13.8. The molecule has 0 radical (unpaired) electrons. The molecule has 2 aromatic rings. The Morgan fingerprint density at radius 3 is 2.79 bits per heavy atom. The molecule has 5 nitrogen and oxygen atoms in total. The molecule has 0 atom stereocenters. The highest BCUT2D eigenvalue weighted by Gasteiger charge is 2.12. The maximum absolute atomic E-state index is 12.0. The molecule has 0 unspecified atom stereocenters. The number of benzene rings is 1. The summed E-state index contributed by atoms with van der Waals surface area (Å²) in [5.41, 5.74) is 0.127. The van der Waals surface area contributed by atoms with E-state index in [4.69, 9.17) is 16.3 Å². The molecular formula is C13H11ClN2O3. The van der Waals surface area contributed by atoms with Crippen molar-refractivity contribution in [2.45, 2.75) is 0 Å². The maximum Gasteiger partial charge on any atom is 0.260 e. The smallest absolute Gasteiger partial charge is 0.260 e. The van der Waals surface area contributed by atoms with Crippen molar-refractivity contribution < 1.29 is 14.6 Å². The van der Waals surface area contributed by atoms with Gasteiger partial charge < -0.3 is 15.2 Å². The summed E-state index contributed by atoms with van der Waals surface area (Å²) in [5, 5.41) is 12.6. The van der Waals surface area contributed by atoms with Crippen LogP contribution in [0.4, 0.5) is 5.82 Å². The van der Waals surface area contributed by atoms with Crippen LogP contribution in [0, 0.1) is 0 Å². The molecule has 1 aromatic carbocycles. The quantitative estimate of drug-likeness (QED) is 0.847. The van der Waals surface area contributed by atoms with Gasteiger partial charge in [0.1, 0.15) is 22.5 Å². The van der Waals surface area contributed by atoms with E-state index in [2.05, 4.69) is 10.3 Å². The standard InChI is InChI=1S/C13H11ClN2O3/c1-19-8-5-6-9(10(17)7-8)13(18)16-12-4-2-3-11(14)15-12/h2-7,17H,1H3,(H,15,16,18). The van der Waals surface area contributed by atoms with E-state index in [-0.39, 0.29) is 16.5 Å². The van der Waals surface area contributed by atoms with Gasteiger partial charge in [-0.3, -0.25) is 4.79 Å². The zero-order valence-corrected chi connectivity index (χ0v) is 10.8. The van der Waals surface area contributed by atoms with Crippen LogP contribution in [0.5, 0.6) is 11.5 Å². The Morgan fingerprint density at radius 2 is 2.16 bits per heavy atom. The van der Waals surface area contributed by atoms with Crippen molar-refractivity contribution in [2.75, 3.05) is 12.4 Å². The number of methoxy groups -OCH3 is 1. The first-order chi connectivity index (χ1) is 9.10. The predicted molar refractivity (Wildman–Crippen MR) is 71.9 cm³/mol. The number of amides is 1. The van der Waals surface area contributed by atoms with Crippen molar-refractivity contribution in [3.8, 4) is 11.5 Å². The lowest BCUT2D eigenvalue weighted by molar-refractivity contribution is 0.102. The van der Waals surface area contributed by atoms with E-state index in [9.17, 15) is 9.90 Å². The van der Waals surface area contributed by atoms with Crippen LogP contribution in [0.2, 0.25) is 5.15 Å². The number of nitrogens with one attached hydrogen (secondary N) is 1. The first kappa shape index (κ1) is 13.2. The highest BCUT2D eigenvalue weighted by molar-refractivity contribution is 6.29. The van der Waals surface area contributed by atoms with Crippen LogP contribution in [-0.2, 0) is 0 Å². The molecule has 2 N–H and O–H groups in total. The minimum absolute atomic E-state index is 0.127. The fraction of sp³-hybridized carbons (Fsp3) is 0.0769. The second kappa shape index (κ2) is 5.58. The van der Waals surface area contributed by atoms with Crippen LogP contribution in [0.25, 0.3) is 0 Å². The number of hydrogen-bond donors (Lipinski definition) is 2. The first-order valence-corrected chi connectivity index (χ1v) is 5.79. The average molecular weight is 279 g/mol. The van der Waals surface area contributed by atoms with E-state index in [1.807, 2.05) is 0 Å². The number of phenols is 1. The van der Waals surface area contributed by atoms with E-state index in [0.717, 1.165) is 0 Å². The van der Waals surface area contributed by atoms with Gasteiger partial charge in [0.15, 0.2) is 0 Å². The Bertz CT molecular complexity index is 617. The molecule has 0 fully saturated rings. The summed E-state index contributed by atoms with van der Waals surface area (Å²) >= 11 is 5.72. The van der Waals surface area contributed by atoms with Crippen LogP contribution in [0.3, 0.4) is 0 Å². The number of carbonyl (C=O) groups excluding carboxylic acids is 1. The molecule has 0 spiro atoms. The Balaban J connectivity index is 2.20. The van der Waals surface area contributed by atoms with Gasteiger partial charge in [0.05, 0.1) is 12.7 Å². The number of anilines is 1.